The van der Waals surface area contributed by atoms with Crippen LogP contribution in [0.15, 0.2) is 48.5 Å². The molecule has 0 aromatic heterocycles. The standard InChI is InChI=1S/C17H16N2O2/c1-17(12-7-3-5-9-14(12)20-2)16(11-18)19-13-8-4-6-10-15(13)21-17/h3-10,16,19H,1-2H3. The van der Waals surface area contributed by atoms with Gasteiger partial charge in [-0.1, -0.05) is 30.3 Å². The summed E-state index contributed by atoms with van der Waals surface area (Å²) in [6, 6.07) is 17.0. The molecule has 4 heteroatoms. The lowest BCUT2D eigenvalue weighted by Gasteiger charge is -2.40. The third kappa shape index (κ3) is 2.07. The summed E-state index contributed by atoms with van der Waals surface area (Å²) in [5.74, 6) is 1.44. The van der Waals surface area contributed by atoms with Crippen LogP contribution in [0.2, 0.25) is 0 Å². The third-order valence-corrected chi connectivity index (χ3v) is 3.83. The van der Waals surface area contributed by atoms with Gasteiger partial charge in [0.05, 0.1) is 18.9 Å². The lowest BCUT2D eigenvalue weighted by Crippen LogP contribution is -2.48. The number of methoxy groups -OCH3 is 1. The number of rotatable bonds is 2. The Morgan fingerprint density at radius 3 is 2.67 bits per heavy atom. The summed E-state index contributed by atoms with van der Waals surface area (Å²) in [5.41, 5.74) is 0.855. The minimum absolute atomic E-state index is 0.510. The first-order chi connectivity index (χ1) is 10.2. The van der Waals surface area contributed by atoms with Crippen molar-refractivity contribution >= 4 is 5.69 Å². The van der Waals surface area contributed by atoms with E-state index in [1.54, 1.807) is 7.11 Å². The molecule has 0 aliphatic carbocycles. The lowest BCUT2D eigenvalue weighted by molar-refractivity contribution is 0.0704. The lowest BCUT2D eigenvalue weighted by atomic mass is 9.86. The number of anilines is 1. The van der Waals surface area contributed by atoms with Crippen molar-refractivity contribution in [3.8, 4) is 17.6 Å². The van der Waals surface area contributed by atoms with Gasteiger partial charge >= 0.3 is 0 Å². The van der Waals surface area contributed by atoms with Crippen LogP contribution in [-0.4, -0.2) is 13.2 Å². The molecule has 0 fully saturated rings. The largest absolute Gasteiger partial charge is 0.496 e. The number of hydrogen-bond donors (Lipinski definition) is 1. The van der Waals surface area contributed by atoms with Gasteiger partial charge in [-0.3, -0.25) is 0 Å². The molecule has 4 nitrogen and oxygen atoms in total. The van der Waals surface area contributed by atoms with Gasteiger partial charge in [0.1, 0.15) is 11.5 Å². The highest BCUT2D eigenvalue weighted by Crippen LogP contribution is 2.43. The topological polar surface area (TPSA) is 54.3 Å². The zero-order valence-electron chi connectivity index (χ0n) is 12.0. The maximum Gasteiger partial charge on any atom is 0.168 e. The molecule has 0 spiro atoms. The molecule has 2 unspecified atom stereocenters. The van der Waals surface area contributed by atoms with E-state index in [4.69, 9.17) is 9.47 Å². The van der Waals surface area contributed by atoms with E-state index >= 15 is 0 Å². The van der Waals surface area contributed by atoms with Gasteiger partial charge < -0.3 is 14.8 Å². The molecule has 0 amide bonds. The molecule has 2 atom stereocenters. The number of nitrogens with zero attached hydrogens (tertiary/aromatic N) is 1. The van der Waals surface area contributed by atoms with Crippen LogP contribution < -0.4 is 14.8 Å². The predicted octanol–water partition coefficient (Wildman–Crippen LogP) is 3.31. The number of nitriles is 1. The van der Waals surface area contributed by atoms with E-state index in [0.717, 1.165) is 17.0 Å². The molecule has 0 saturated heterocycles. The average molecular weight is 280 g/mol. The van der Waals surface area contributed by atoms with E-state index in [1.807, 2.05) is 55.5 Å². The summed E-state index contributed by atoms with van der Waals surface area (Å²) < 4.78 is 11.6. The molecule has 1 aliphatic rings. The fourth-order valence-electron chi connectivity index (χ4n) is 2.68. The number of hydrogen-bond acceptors (Lipinski definition) is 4. The van der Waals surface area contributed by atoms with Gasteiger partial charge in [0.25, 0.3) is 0 Å². The molecule has 0 radical (unpaired) electrons. The molecular weight excluding hydrogens is 264 g/mol. The van der Waals surface area contributed by atoms with Crippen molar-refractivity contribution in [2.45, 2.75) is 18.6 Å². The van der Waals surface area contributed by atoms with E-state index in [0.29, 0.717) is 5.75 Å². The van der Waals surface area contributed by atoms with E-state index in [-0.39, 0.29) is 0 Å². The van der Waals surface area contributed by atoms with Crippen LogP contribution in [0.5, 0.6) is 11.5 Å². The maximum atomic E-state index is 9.54. The number of ether oxygens (including phenoxy) is 2. The summed E-state index contributed by atoms with van der Waals surface area (Å²) in [4.78, 5) is 0. The number of benzene rings is 2. The van der Waals surface area contributed by atoms with Gasteiger partial charge in [-0.05, 0) is 25.1 Å². The Morgan fingerprint density at radius 2 is 1.90 bits per heavy atom. The zero-order valence-corrected chi connectivity index (χ0v) is 12.0. The highest BCUT2D eigenvalue weighted by atomic mass is 16.5. The van der Waals surface area contributed by atoms with Crippen molar-refractivity contribution in [2.75, 3.05) is 12.4 Å². The summed E-state index contributed by atoms with van der Waals surface area (Å²) in [7, 11) is 1.62. The van der Waals surface area contributed by atoms with Gasteiger partial charge in [0, 0.05) is 5.56 Å². The molecule has 106 valence electrons. The van der Waals surface area contributed by atoms with E-state index in [1.165, 1.54) is 0 Å². The molecule has 2 aromatic carbocycles. The number of para-hydroxylation sites is 3. The predicted molar refractivity (Wildman–Crippen MR) is 80.4 cm³/mol. The second-order valence-electron chi connectivity index (χ2n) is 5.11. The Morgan fingerprint density at radius 1 is 1.19 bits per heavy atom. The second-order valence-corrected chi connectivity index (χ2v) is 5.11. The molecule has 1 N–H and O–H groups in total. The summed E-state index contributed by atoms with van der Waals surface area (Å²) in [6.07, 6.45) is 0. The van der Waals surface area contributed by atoms with Crippen LogP contribution in [0.1, 0.15) is 12.5 Å². The van der Waals surface area contributed by atoms with E-state index in [2.05, 4.69) is 11.4 Å². The SMILES string of the molecule is COc1ccccc1C1(C)Oc2ccccc2NC1C#N. The first-order valence-corrected chi connectivity index (χ1v) is 6.76. The minimum atomic E-state index is -0.824. The summed E-state index contributed by atoms with van der Waals surface area (Å²) in [6.45, 7) is 1.90. The highest BCUT2D eigenvalue weighted by molar-refractivity contribution is 5.62. The molecule has 0 bridgehead atoms. The van der Waals surface area contributed by atoms with Crippen molar-refractivity contribution in [3.05, 3.63) is 54.1 Å². The third-order valence-electron chi connectivity index (χ3n) is 3.83. The zero-order chi connectivity index (χ0) is 14.9. The first kappa shape index (κ1) is 13.3. The normalized spacial score (nSPS) is 23.2. The highest BCUT2D eigenvalue weighted by Gasteiger charge is 2.44. The molecule has 1 heterocycles. The second kappa shape index (κ2) is 5.02. The van der Waals surface area contributed by atoms with Crippen LogP contribution in [0.3, 0.4) is 0 Å². The van der Waals surface area contributed by atoms with Crippen molar-refractivity contribution in [3.63, 3.8) is 0 Å². The molecule has 21 heavy (non-hydrogen) atoms. The Hall–Kier alpha value is -2.67. The van der Waals surface area contributed by atoms with Gasteiger partial charge in [0.2, 0.25) is 0 Å². The summed E-state index contributed by atoms with van der Waals surface area (Å²) in [5, 5.41) is 12.8. The van der Waals surface area contributed by atoms with Crippen LogP contribution in [0, 0.1) is 11.3 Å². The van der Waals surface area contributed by atoms with Crippen molar-refractivity contribution < 1.29 is 9.47 Å². The monoisotopic (exact) mass is 280 g/mol. The molecular formula is C17H16N2O2. The quantitative estimate of drug-likeness (QED) is 0.917. The van der Waals surface area contributed by atoms with E-state index in [9.17, 15) is 5.26 Å². The van der Waals surface area contributed by atoms with Gasteiger partial charge in [-0.15, -0.1) is 0 Å². The molecule has 1 aliphatic heterocycles. The van der Waals surface area contributed by atoms with Gasteiger partial charge in [0.15, 0.2) is 11.6 Å². The van der Waals surface area contributed by atoms with Gasteiger partial charge in [-0.25, -0.2) is 0 Å². The van der Waals surface area contributed by atoms with Crippen LogP contribution in [-0.2, 0) is 5.60 Å². The Balaban J connectivity index is 2.13. The molecule has 0 saturated carbocycles. The maximum absolute atomic E-state index is 9.54. The van der Waals surface area contributed by atoms with Crippen molar-refractivity contribution in [1.82, 2.24) is 0 Å². The van der Waals surface area contributed by atoms with Crippen molar-refractivity contribution in [1.29, 1.82) is 5.26 Å². The fourth-order valence-corrected chi connectivity index (χ4v) is 2.68. The fraction of sp³-hybridized carbons (Fsp3) is 0.235. The van der Waals surface area contributed by atoms with Crippen LogP contribution in [0.25, 0.3) is 0 Å². The molecule has 3 rings (SSSR count). The van der Waals surface area contributed by atoms with Crippen molar-refractivity contribution in [2.24, 2.45) is 0 Å². The number of nitrogens with one attached hydrogen (secondary N) is 1. The minimum Gasteiger partial charge on any atom is -0.496 e. The van der Waals surface area contributed by atoms with Crippen LogP contribution >= 0.6 is 0 Å². The Labute approximate surface area is 123 Å². The van der Waals surface area contributed by atoms with E-state index < -0.39 is 11.6 Å². The first-order valence-electron chi connectivity index (χ1n) is 6.76. The average Bonchev–Trinajstić information content (AvgIpc) is 2.54. The smallest absolute Gasteiger partial charge is 0.168 e. The number of fused-ring (bicyclic) bond motifs is 1. The Bertz CT molecular complexity index is 708. The Kier molecular flexibility index (Phi) is 3.19. The van der Waals surface area contributed by atoms with Crippen LogP contribution in [0.4, 0.5) is 5.69 Å². The summed E-state index contributed by atoms with van der Waals surface area (Å²) >= 11 is 0. The molecule has 2 aromatic rings. The van der Waals surface area contributed by atoms with Gasteiger partial charge in [-0.2, -0.15) is 5.26 Å².